The van der Waals surface area contributed by atoms with Gasteiger partial charge >= 0.3 is 0 Å². The minimum absolute atomic E-state index is 0.234. The summed E-state index contributed by atoms with van der Waals surface area (Å²) in [6.07, 6.45) is 1.68. The molecule has 0 saturated heterocycles. The van der Waals surface area contributed by atoms with E-state index in [9.17, 15) is 4.79 Å². The third kappa shape index (κ3) is 4.20. The maximum absolute atomic E-state index is 11.7. The number of ether oxygens (including phenoxy) is 2. The zero-order valence-electron chi connectivity index (χ0n) is 14.3. The van der Waals surface area contributed by atoms with Crippen molar-refractivity contribution in [2.24, 2.45) is 10.7 Å². The van der Waals surface area contributed by atoms with Gasteiger partial charge in [-0.2, -0.15) is 4.99 Å². The molecule has 0 bridgehead atoms. The lowest BCUT2D eigenvalue weighted by atomic mass is 10.1. The van der Waals surface area contributed by atoms with Crippen LogP contribution < -0.4 is 15.2 Å². The second kappa shape index (κ2) is 7.85. The summed E-state index contributed by atoms with van der Waals surface area (Å²) in [5.74, 6) is 0.584. The quantitative estimate of drug-likeness (QED) is 0.778. The highest BCUT2D eigenvalue weighted by Crippen LogP contribution is 2.38. The van der Waals surface area contributed by atoms with Crippen LogP contribution in [0.15, 0.2) is 46.3 Å². The molecule has 2 aromatic carbocycles. The maximum atomic E-state index is 11.7. The Hall–Kier alpha value is -2.44. The molecule has 26 heavy (non-hydrogen) atoms. The molecule has 0 spiro atoms. The highest BCUT2D eigenvalue weighted by molar-refractivity contribution is 8.18. The first-order valence-corrected chi connectivity index (χ1v) is 8.99. The molecule has 0 aromatic heterocycles. The summed E-state index contributed by atoms with van der Waals surface area (Å²) in [7, 11) is 1.54. The Labute approximate surface area is 160 Å². The van der Waals surface area contributed by atoms with Crippen molar-refractivity contribution in [2.45, 2.75) is 13.5 Å². The Morgan fingerprint density at radius 1 is 1.27 bits per heavy atom. The van der Waals surface area contributed by atoms with Crippen LogP contribution in [0.5, 0.6) is 11.5 Å². The number of benzene rings is 2. The van der Waals surface area contributed by atoms with Crippen LogP contribution in [0.2, 0.25) is 5.02 Å². The van der Waals surface area contributed by atoms with Gasteiger partial charge in [-0.05, 0) is 48.0 Å². The number of nitrogens with zero attached hydrogens (tertiary/aromatic N) is 1. The Kier molecular flexibility index (Phi) is 5.54. The van der Waals surface area contributed by atoms with E-state index in [0.29, 0.717) is 33.6 Å². The number of thioether (sulfide) groups is 1. The fourth-order valence-corrected chi connectivity index (χ4v) is 3.34. The standard InChI is InChI=1S/C19H17ClN2O3S/c1-11-3-5-12(6-4-11)10-25-17-14(20)7-13(8-15(17)24-2)9-16-18(23)22-19(21)26-16/h3-9H,10H2,1-2H3,(H2,21,22,23)/b16-9+. The maximum Gasteiger partial charge on any atom is 0.286 e. The molecule has 1 aliphatic rings. The Morgan fingerprint density at radius 2 is 2.00 bits per heavy atom. The van der Waals surface area contributed by atoms with Crippen LogP contribution in [-0.4, -0.2) is 18.2 Å². The Balaban J connectivity index is 1.82. The van der Waals surface area contributed by atoms with E-state index < -0.39 is 0 Å². The molecular formula is C19H17ClN2O3S. The predicted molar refractivity (Wildman–Crippen MR) is 106 cm³/mol. The van der Waals surface area contributed by atoms with Crippen molar-refractivity contribution in [3.63, 3.8) is 0 Å². The smallest absolute Gasteiger partial charge is 0.286 e. The van der Waals surface area contributed by atoms with Gasteiger partial charge in [0.1, 0.15) is 6.61 Å². The van der Waals surface area contributed by atoms with Crippen molar-refractivity contribution >= 4 is 40.5 Å². The van der Waals surface area contributed by atoms with Crippen LogP contribution in [0, 0.1) is 6.92 Å². The number of carbonyl (C=O) groups is 1. The highest BCUT2D eigenvalue weighted by atomic mass is 35.5. The molecule has 134 valence electrons. The van der Waals surface area contributed by atoms with Gasteiger partial charge in [-0.25, -0.2) is 0 Å². The summed E-state index contributed by atoms with van der Waals surface area (Å²) in [4.78, 5) is 15.9. The van der Waals surface area contributed by atoms with Gasteiger partial charge < -0.3 is 15.2 Å². The zero-order chi connectivity index (χ0) is 18.7. The number of amidine groups is 1. The molecule has 2 aromatic rings. The van der Waals surface area contributed by atoms with Crippen LogP contribution in [0.25, 0.3) is 6.08 Å². The molecule has 0 saturated carbocycles. The first-order valence-electron chi connectivity index (χ1n) is 7.80. The molecule has 0 fully saturated rings. The number of rotatable bonds is 5. The second-order valence-electron chi connectivity index (χ2n) is 5.67. The molecule has 1 heterocycles. The first-order chi connectivity index (χ1) is 12.5. The largest absolute Gasteiger partial charge is 0.493 e. The number of hydrogen-bond donors (Lipinski definition) is 1. The fraction of sp³-hybridized carbons (Fsp3) is 0.158. The van der Waals surface area contributed by atoms with Crippen LogP contribution in [0.4, 0.5) is 0 Å². The normalized spacial score (nSPS) is 15.3. The number of aliphatic imine (C=N–C) groups is 1. The molecule has 7 heteroatoms. The van der Waals surface area contributed by atoms with Crippen molar-refractivity contribution in [1.29, 1.82) is 0 Å². The zero-order valence-corrected chi connectivity index (χ0v) is 15.9. The average Bonchev–Trinajstić information content (AvgIpc) is 2.92. The molecule has 0 radical (unpaired) electrons. The lowest BCUT2D eigenvalue weighted by molar-refractivity contribution is -0.113. The van der Waals surface area contributed by atoms with E-state index in [1.165, 1.54) is 12.7 Å². The SMILES string of the molecule is COc1cc(/C=C2/SC(N)=NC2=O)cc(Cl)c1OCc1ccc(C)cc1. The molecule has 3 rings (SSSR count). The van der Waals surface area contributed by atoms with Crippen molar-refractivity contribution < 1.29 is 14.3 Å². The van der Waals surface area contributed by atoms with Gasteiger partial charge in [0.25, 0.3) is 5.91 Å². The summed E-state index contributed by atoms with van der Waals surface area (Å²) in [5.41, 5.74) is 8.48. The monoisotopic (exact) mass is 388 g/mol. The fourth-order valence-electron chi connectivity index (χ4n) is 2.38. The van der Waals surface area contributed by atoms with Crippen LogP contribution in [0.3, 0.4) is 0 Å². The molecule has 5 nitrogen and oxygen atoms in total. The van der Waals surface area contributed by atoms with Crippen molar-refractivity contribution in [3.05, 3.63) is 63.0 Å². The van der Waals surface area contributed by atoms with Gasteiger partial charge in [0.15, 0.2) is 16.7 Å². The number of aryl methyl sites for hydroxylation is 1. The molecule has 0 atom stereocenters. The minimum Gasteiger partial charge on any atom is -0.493 e. The van der Waals surface area contributed by atoms with E-state index in [-0.39, 0.29) is 11.1 Å². The molecular weight excluding hydrogens is 372 g/mol. The van der Waals surface area contributed by atoms with Crippen molar-refractivity contribution in [1.82, 2.24) is 0 Å². The van der Waals surface area contributed by atoms with Crippen LogP contribution in [-0.2, 0) is 11.4 Å². The van der Waals surface area contributed by atoms with Gasteiger partial charge in [-0.15, -0.1) is 0 Å². The number of methoxy groups -OCH3 is 1. The van der Waals surface area contributed by atoms with Gasteiger partial charge in [-0.3, -0.25) is 4.79 Å². The van der Waals surface area contributed by atoms with Crippen LogP contribution >= 0.6 is 23.4 Å². The van der Waals surface area contributed by atoms with E-state index >= 15 is 0 Å². The Bertz CT molecular complexity index is 908. The van der Waals surface area contributed by atoms with E-state index in [1.54, 1.807) is 18.2 Å². The third-order valence-electron chi connectivity index (χ3n) is 3.69. The van der Waals surface area contributed by atoms with Crippen LogP contribution in [0.1, 0.15) is 16.7 Å². The number of hydrogen-bond acceptors (Lipinski definition) is 5. The van der Waals surface area contributed by atoms with Gasteiger partial charge in [0.2, 0.25) is 0 Å². The molecule has 1 amide bonds. The van der Waals surface area contributed by atoms with Gasteiger partial charge in [-0.1, -0.05) is 41.4 Å². The highest BCUT2D eigenvalue weighted by Gasteiger charge is 2.20. The van der Waals surface area contributed by atoms with Crippen molar-refractivity contribution in [2.75, 3.05) is 7.11 Å². The van der Waals surface area contributed by atoms with Crippen molar-refractivity contribution in [3.8, 4) is 11.5 Å². The third-order valence-corrected chi connectivity index (χ3v) is 4.78. The number of amides is 1. The van der Waals surface area contributed by atoms with E-state index in [2.05, 4.69) is 4.99 Å². The topological polar surface area (TPSA) is 73.9 Å². The average molecular weight is 389 g/mol. The van der Waals surface area contributed by atoms with E-state index in [1.807, 2.05) is 31.2 Å². The first kappa shape index (κ1) is 18.4. The van der Waals surface area contributed by atoms with E-state index in [4.69, 9.17) is 26.8 Å². The number of carbonyl (C=O) groups excluding carboxylic acids is 1. The molecule has 2 N–H and O–H groups in total. The lowest BCUT2D eigenvalue weighted by Crippen LogP contribution is -2.01. The lowest BCUT2D eigenvalue weighted by Gasteiger charge is -2.13. The number of halogens is 1. The number of nitrogens with two attached hydrogens (primary N) is 1. The van der Waals surface area contributed by atoms with Gasteiger partial charge in [0, 0.05) is 0 Å². The summed E-state index contributed by atoms with van der Waals surface area (Å²) < 4.78 is 11.3. The minimum atomic E-state index is -0.359. The van der Waals surface area contributed by atoms with Gasteiger partial charge in [0.05, 0.1) is 17.0 Å². The summed E-state index contributed by atoms with van der Waals surface area (Å²) >= 11 is 7.50. The summed E-state index contributed by atoms with van der Waals surface area (Å²) in [6.45, 7) is 2.40. The Morgan fingerprint density at radius 3 is 2.62 bits per heavy atom. The summed E-state index contributed by atoms with van der Waals surface area (Å²) in [5, 5.41) is 0.630. The molecule has 0 unspecified atom stereocenters. The second-order valence-corrected chi connectivity index (χ2v) is 7.14. The predicted octanol–water partition coefficient (Wildman–Crippen LogP) is 4.17. The van der Waals surface area contributed by atoms with E-state index in [0.717, 1.165) is 17.3 Å². The summed E-state index contributed by atoms with van der Waals surface area (Å²) in [6, 6.07) is 11.5. The molecule has 0 aliphatic carbocycles. The molecule has 1 aliphatic heterocycles.